The molecule has 16 heavy (non-hydrogen) atoms. The maximum Gasteiger partial charge on any atom is 0.223 e. The third kappa shape index (κ3) is 3.47. The third-order valence-corrected chi connectivity index (χ3v) is 5.20. The van der Waals surface area contributed by atoms with Gasteiger partial charge in [0.25, 0.3) is 0 Å². The van der Waals surface area contributed by atoms with Crippen molar-refractivity contribution in [2.75, 3.05) is 18.1 Å². The van der Waals surface area contributed by atoms with E-state index in [1.807, 2.05) is 0 Å². The summed E-state index contributed by atoms with van der Waals surface area (Å²) in [5.74, 6) is 1.48. The van der Waals surface area contributed by atoms with Gasteiger partial charge in [-0.15, -0.1) is 0 Å². The zero-order valence-corrected chi connectivity index (χ0v) is 10.3. The van der Waals surface area contributed by atoms with Gasteiger partial charge in [-0.05, 0) is 38.0 Å². The van der Waals surface area contributed by atoms with Crippen LogP contribution in [0.3, 0.4) is 0 Å². The molecule has 1 amide bonds. The molecule has 0 aromatic rings. The highest BCUT2D eigenvalue weighted by Gasteiger charge is 2.29. The van der Waals surface area contributed by atoms with E-state index in [4.69, 9.17) is 0 Å². The second kappa shape index (κ2) is 4.73. The Morgan fingerprint density at radius 2 is 2.00 bits per heavy atom. The van der Waals surface area contributed by atoms with Crippen LogP contribution in [0.2, 0.25) is 0 Å². The summed E-state index contributed by atoms with van der Waals surface area (Å²) < 4.78 is 22.4. The largest absolute Gasteiger partial charge is 0.356 e. The SMILES string of the molecule is O=C(NCCCC1CCS(=O)(=O)C1)C1CC1. The molecule has 1 saturated heterocycles. The lowest BCUT2D eigenvalue weighted by Crippen LogP contribution is -2.26. The van der Waals surface area contributed by atoms with Crippen LogP contribution in [0.15, 0.2) is 0 Å². The maximum atomic E-state index is 11.3. The van der Waals surface area contributed by atoms with Crippen molar-refractivity contribution >= 4 is 15.7 Å². The summed E-state index contributed by atoms with van der Waals surface area (Å²) >= 11 is 0. The zero-order chi connectivity index (χ0) is 11.6. The van der Waals surface area contributed by atoms with Gasteiger partial charge in [-0.3, -0.25) is 4.79 Å². The fourth-order valence-electron chi connectivity index (χ4n) is 2.19. The average molecular weight is 245 g/mol. The van der Waals surface area contributed by atoms with Crippen molar-refractivity contribution in [2.45, 2.75) is 32.1 Å². The van der Waals surface area contributed by atoms with Crippen LogP contribution in [0.5, 0.6) is 0 Å². The van der Waals surface area contributed by atoms with Gasteiger partial charge in [0.15, 0.2) is 9.84 Å². The normalized spacial score (nSPS) is 27.9. The highest BCUT2D eigenvalue weighted by atomic mass is 32.2. The summed E-state index contributed by atoms with van der Waals surface area (Å²) in [6, 6.07) is 0. The Kier molecular flexibility index (Phi) is 3.52. The van der Waals surface area contributed by atoms with E-state index in [1.54, 1.807) is 0 Å². The predicted octanol–water partition coefficient (Wildman–Crippen LogP) is 0.728. The Bertz CT molecular complexity index is 359. The fraction of sp³-hybridized carbons (Fsp3) is 0.909. The van der Waals surface area contributed by atoms with Crippen molar-refractivity contribution in [2.24, 2.45) is 11.8 Å². The smallest absolute Gasteiger partial charge is 0.223 e. The minimum absolute atomic E-state index is 0.180. The highest BCUT2D eigenvalue weighted by Crippen LogP contribution is 2.28. The van der Waals surface area contributed by atoms with Gasteiger partial charge in [-0.25, -0.2) is 8.42 Å². The van der Waals surface area contributed by atoms with Gasteiger partial charge in [0.1, 0.15) is 0 Å². The molecule has 1 N–H and O–H groups in total. The molecular formula is C11H19NO3S. The fourth-order valence-corrected chi connectivity index (χ4v) is 4.10. The first-order chi connectivity index (χ1) is 7.57. The van der Waals surface area contributed by atoms with Crippen LogP contribution >= 0.6 is 0 Å². The summed E-state index contributed by atoms with van der Waals surface area (Å²) in [5.41, 5.74) is 0. The Morgan fingerprint density at radius 3 is 2.56 bits per heavy atom. The Morgan fingerprint density at radius 1 is 1.25 bits per heavy atom. The van der Waals surface area contributed by atoms with Gasteiger partial charge in [-0.1, -0.05) is 0 Å². The molecule has 1 aliphatic carbocycles. The van der Waals surface area contributed by atoms with E-state index >= 15 is 0 Å². The molecule has 2 fully saturated rings. The highest BCUT2D eigenvalue weighted by molar-refractivity contribution is 7.91. The van der Waals surface area contributed by atoms with Crippen LogP contribution in [-0.2, 0) is 14.6 Å². The lowest BCUT2D eigenvalue weighted by atomic mass is 10.0. The molecule has 2 aliphatic rings. The zero-order valence-electron chi connectivity index (χ0n) is 9.44. The van der Waals surface area contributed by atoms with Gasteiger partial charge in [0.2, 0.25) is 5.91 Å². The topological polar surface area (TPSA) is 63.2 Å². The van der Waals surface area contributed by atoms with Gasteiger partial charge in [-0.2, -0.15) is 0 Å². The van der Waals surface area contributed by atoms with E-state index in [0.717, 1.165) is 32.1 Å². The molecule has 0 radical (unpaired) electrons. The molecule has 1 unspecified atom stereocenters. The van der Waals surface area contributed by atoms with Gasteiger partial charge in [0.05, 0.1) is 11.5 Å². The van der Waals surface area contributed by atoms with Gasteiger partial charge < -0.3 is 5.32 Å². The number of carbonyl (C=O) groups is 1. The summed E-state index contributed by atoms with van der Waals surface area (Å²) in [6.45, 7) is 0.700. The van der Waals surface area contributed by atoms with Crippen LogP contribution in [-0.4, -0.2) is 32.4 Å². The van der Waals surface area contributed by atoms with E-state index in [0.29, 0.717) is 24.0 Å². The molecule has 4 nitrogen and oxygen atoms in total. The second-order valence-electron chi connectivity index (χ2n) is 4.98. The molecule has 0 spiro atoms. The molecular weight excluding hydrogens is 226 g/mol. The quantitative estimate of drug-likeness (QED) is 0.726. The summed E-state index contributed by atoms with van der Waals surface area (Å²) in [5, 5.41) is 2.90. The lowest BCUT2D eigenvalue weighted by Gasteiger charge is -2.07. The van der Waals surface area contributed by atoms with Crippen molar-refractivity contribution in [3.63, 3.8) is 0 Å². The minimum Gasteiger partial charge on any atom is -0.356 e. The van der Waals surface area contributed by atoms with Crippen LogP contribution in [0.4, 0.5) is 0 Å². The van der Waals surface area contributed by atoms with Crippen molar-refractivity contribution in [1.29, 1.82) is 0 Å². The van der Waals surface area contributed by atoms with E-state index in [1.165, 1.54) is 0 Å². The molecule has 0 aromatic heterocycles. The predicted molar refractivity (Wildman–Crippen MR) is 61.7 cm³/mol. The Hall–Kier alpha value is -0.580. The van der Waals surface area contributed by atoms with E-state index in [-0.39, 0.29) is 11.8 Å². The molecule has 1 atom stereocenters. The number of rotatable bonds is 5. The van der Waals surface area contributed by atoms with E-state index in [9.17, 15) is 13.2 Å². The molecule has 1 saturated carbocycles. The third-order valence-electron chi connectivity index (χ3n) is 3.36. The van der Waals surface area contributed by atoms with Crippen molar-refractivity contribution in [3.8, 4) is 0 Å². The number of hydrogen-bond donors (Lipinski definition) is 1. The van der Waals surface area contributed by atoms with Crippen molar-refractivity contribution in [3.05, 3.63) is 0 Å². The monoisotopic (exact) mass is 245 g/mol. The Balaban J connectivity index is 1.56. The first kappa shape index (κ1) is 11.9. The number of sulfone groups is 1. The van der Waals surface area contributed by atoms with Crippen molar-refractivity contribution in [1.82, 2.24) is 5.32 Å². The van der Waals surface area contributed by atoms with Crippen molar-refractivity contribution < 1.29 is 13.2 Å². The van der Waals surface area contributed by atoms with Gasteiger partial charge >= 0.3 is 0 Å². The van der Waals surface area contributed by atoms with Crippen LogP contribution in [0.1, 0.15) is 32.1 Å². The number of carbonyl (C=O) groups excluding carboxylic acids is 1. The van der Waals surface area contributed by atoms with E-state index < -0.39 is 9.84 Å². The van der Waals surface area contributed by atoms with E-state index in [2.05, 4.69) is 5.32 Å². The Labute approximate surface area is 96.7 Å². The first-order valence-electron chi connectivity index (χ1n) is 6.05. The molecule has 92 valence electrons. The summed E-state index contributed by atoms with van der Waals surface area (Å²) in [4.78, 5) is 11.3. The molecule has 0 bridgehead atoms. The molecule has 2 rings (SSSR count). The lowest BCUT2D eigenvalue weighted by molar-refractivity contribution is -0.122. The average Bonchev–Trinajstić information content (AvgIpc) is 2.99. The number of nitrogens with one attached hydrogen (secondary N) is 1. The number of hydrogen-bond acceptors (Lipinski definition) is 3. The summed E-state index contributed by atoms with van der Waals surface area (Å²) in [7, 11) is -2.74. The molecule has 5 heteroatoms. The maximum absolute atomic E-state index is 11.3. The minimum atomic E-state index is -2.74. The molecule has 0 aromatic carbocycles. The summed E-state index contributed by atoms with van der Waals surface area (Å²) in [6.07, 6.45) is 4.70. The van der Waals surface area contributed by atoms with Gasteiger partial charge in [0, 0.05) is 12.5 Å². The standard InChI is InChI=1S/C11H19NO3S/c13-11(10-3-4-10)12-6-1-2-9-5-7-16(14,15)8-9/h9-10H,1-8H2,(H,12,13). The number of amides is 1. The first-order valence-corrected chi connectivity index (χ1v) is 7.87. The molecule has 1 aliphatic heterocycles. The van der Waals surface area contributed by atoms with Crippen LogP contribution in [0.25, 0.3) is 0 Å². The van der Waals surface area contributed by atoms with Crippen LogP contribution in [0, 0.1) is 11.8 Å². The van der Waals surface area contributed by atoms with Crippen LogP contribution < -0.4 is 5.32 Å². The second-order valence-corrected chi connectivity index (χ2v) is 7.21. The molecule has 1 heterocycles.